The van der Waals surface area contributed by atoms with E-state index in [0.29, 0.717) is 28.8 Å². The first-order valence-electron chi connectivity index (χ1n) is 9.11. The van der Waals surface area contributed by atoms with Crippen LogP contribution in [0.15, 0.2) is 24.4 Å². The van der Waals surface area contributed by atoms with Crippen LogP contribution in [0.3, 0.4) is 0 Å². The van der Waals surface area contributed by atoms with Gasteiger partial charge in [-0.05, 0) is 56.9 Å². The highest BCUT2D eigenvalue weighted by molar-refractivity contribution is 7.10. The Morgan fingerprint density at radius 1 is 1.44 bits per heavy atom. The minimum Gasteiger partial charge on any atom is -0.324 e. The molecule has 142 valence electrons. The molecule has 1 unspecified atom stereocenters. The van der Waals surface area contributed by atoms with Crippen LogP contribution in [0.25, 0.3) is 0 Å². The number of amides is 2. The smallest absolute Gasteiger partial charge is 0.322 e. The second kappa shape index (κ2) is 8.93. The van der Waals surface area contributed by atoms with E-state index >= 15 is 0 Å². The molecular formula is C19H24N6OS. The van der Waals surface area contributed by atoms with Crippen molar-refractivity contribution in [2.45, 2.75) is 38.8 Å². The van der Waals surface area contributed by atoms with Crippen molar-refractivity contribution in [3.8, 4) is 6.07 Å². The Morgan fingerprint density at radius 2 is 2.30 bits per heavy atom. The molecule has 2 aromatic heterocycles. The third-order valence-corrected chi connectivity index (χ3v) is 5.79. The fraction of sp³-hybridized carbons (Fsp3) is 0.474. The van der Waals surface area contributed by atoms with Gasteiger partial charge in [0.05, 0.1) is 11.4 Å². The lowest BCUT2D eigenvalue weighted by atomic mass is 10.1. The van der Waals surface area contributed by atoms with Gasteiger partial charge in [-0.3, -0.25) is 15.2 Å². The zero-order valence-electron chi connectivity index (χ0n) is 15.7. The number of rotatable bonds is 4. The van der Waals surface area contributed by atoms with Crippen LogP contribution in [0, 0.1) is 18.3 Å². The maximum Gasteiger partial charge on any atom is 0.322 e. The van der Waals surface area contributed by atoms with Crippen LogP contribution in [-0.2, 0) is 6.54 Å². The zero-order chi connectivity index (χ0) is 19.2. The molecule has 0 bridgehead atoms. The zero-order valence-corrected chi connectivity index (χ0v) is 16.5. The lowest BCUT2D eigenvalue weighted by molar-refractivity contribution is 0.200. The third-order valence-electron chi connectivity index (χ3n) is 4.94. The fourth-order valence-electron chi connectivity index (χ4n) is 3.36. The van der Waals surface area contributed by atoms with Gasteiger partial charge in [-0.25, -0.2) is 4.79 Å². The highest BCUT2D eigenvalue weighted by Crippen LogP contribution is 2.24. The van der Waals surface area contributed by atoms with Crippen molar-refractivity contribution in [3.63, 3.8) is 0 Å². The number of pyridine rings is 1. The second-order valence-electron chi connectivity index (χ2n) is 6.82. The highest BCUT2D eigenvalue weighted by atomic mass is 32.1. The highest BCUT2D eigenvalue weighted by Gasteiger charge is 2.24. The number of urea groups is 1. The number of likely N-dealkylation sites (tertiary alicyclic amines) is 1. The minimum absolute atomic E-state index is 0.150. The van der Waals surface area contributed by atoms with E-state index in [9.17, 15) is 10.1 Å². The first-order valence-corrected chi connectivity index (χ1v) is 9.88. The summed E-state index contributed by atoms with van der Waals surface area (Å²) in [6, 6.07) is 8.35. The van der Waals surface area contributed by atoms with E-state index in [1.54, 1.807) is 6.92 Å². The number of aryl methyl sites for hydroxylation is 1. The molecule has 3 rings (SSSR count). The van der Waals surface area contributed by atoms with Crippen molar-refractivity contribution in [1.29, 1.82) is 5.26 Å². The number of nitrogens with zero attached hydrogens (tertiary/aromatic N) is 5. The molecule has 0 aromatic carbocycles. The van der Waals surface area contributed by atoms with Crippen molar-refractivity contribution in [2.24, 2.45) is 0 Å². The summed E-state index contributed by atoms with van der Waals surface area (Å²) in [6.07, 6.45) is 4.75. The topological polar surface area (TPSA) is 85.2 Å². The molecule has 1 aliphatic heterocycles. The summed E-state index contributed by atoms with van der Waals surface area (Å²) in [6.45, 7) is 4.00. The summed E-state index contributed by atoms with van der Waals surface area (Å²) in [5.74, 6) is 0. The van der Waals surface area contributed by atoms with Gasteiger partial charge >= 0.3 is 6.03 Å². The number of hydrogen-bond acceptors (Lipinski definition) is 6. The molecule has 1 fully saturated rings. The summed E-state index contributed by atoms with van der Waals surface area (Å²) in [5.41, 5.74) is 2.17. The van der Waals surface area contributed by atoms with E-state index in [-0.39, 0.29) is 6.03 Å². The molecule has 27 heavy (non-hydrogen) atoms. The van der Waals surface area contributed by atoms with Crippen LogP contribution in [0.1, 0.15) is 36.2 Å². The average Bonchev–Trinajstić information content (AvgIpc) is 2.86. The van der Waals surface area contributed by atoms with Crippen LogP contribution in [0.4, 0.5) is 9.80 Å². The van der Waals surface area contributed by atoms with E-state index in [1.807, 2.05) is 29.3 Å². The Kier molecular flexibility index (Phi) is 6.37. The molecular weight excluding hydrogens is 360 g/mol. The Morgan fingerprint density at radius 3 is 3.04 bits per heavy atom. The monoisotopic (exact) mass is 384 g/mol. The first kappa shape index (κ1) is 19.3. The summed E-state index contributed by atoms with van der Waals surface area (Å²) in [4.78, 5) is 21.2. The van der Waals surface area contributed by atoms with Gasteiger partial charge in [0.2, 0.25) is 0 Å². The quantitative estimate of drug-likeness (QED) is 0.875. The van der Waals surface area contributed by atoms with E-state index in [2.05, 4.69) is 32.7 Å². The Labute approximate surface area is 163 Å². The van der Waals surface area contributed by atoms with Crippen molar-refractivity contribution in [3.05, 3.63) is 41.3 Å². The lowest BCUT2D eigenvalue weighted by Crippen LogP contribution is -2.37. The van der Waals surface area contributed by atoms with Crippen LogP contribution in [-0.4, -0.2) is 51.4 Å². The van der Waals surface area contributed by atoms with Crippen LogP contribution in [0.5, 0.6) is 0 Å². The van der Waals surface area contributed by atoms with Gasteiger partial charge in [-0.15, -0.1) is 0 Å². The maximum atomic E-state index is 12.6. The van der Waals surface area contributed by atoms with Gasteiger partial charge < -0.3 is 4.90 Å². The van der Waals surface area contributed by atoms with Crippen LogP contribution in [0.2, 0.25) is 0 Å². The SMILES string of the molecule is Cc1nsc(NC(=O)N2CCCC(N(C)Cc3ccccn3)CC2)c1C#N. The molecule has 1 N–H and O–H groups in total. The number of hydrogen-bond donors (Lipinski definition) is 1. The van der Waals surface area contributed by atoms with Gasteiger partial charge in [0.1, 0.15) is 16.6 Å². The average molecular weight is 385 g/mol. The molecule has 8 heteroatoms. The largest absolute Gasteiger partial charge is 0.324 e. The predicted molar refractivity (Wildman–Crippen MR) is 106 cm³/mol. The van der Waals surface area contributed by atoms with Gasteiger partial charge in [0.25, 0.3) is 0 Å². The van der Waals surface area contributed by atoms with Crippen molar-refractivity contribution < 1.29 is 4.79 Å². The van der Waals surface area contributed by atoms with Gasteiger partial charge in [0.15, 0.2) is 0 Å². The number of aromatic nitrogens is 2. The molecule has 0 saturated carbocycles. The predicted octanol–water partition coefficient (Wildman–Crippen LogP) is 3.24. The molecule has 2 amide bonds. The summed E-state index contributed by atoms with van der Waals surface area (Å²) < 4.78 is 4.15. The Bertz CT molecular complexity index is 815. The third kappa shape index (κ3) is 4.81. The molecule has 7 nitrogen and oxygen atoms in total. The maximum absolute atomic E-state index is 12.6. The number of carbonyl (C=O) groups excluding carboxylic acids is 1. The van der Waals surface area contributed by atoms with E-state index in [0.717, 1.165) is 49.6 Å². The Balaban J connectivity index is 1.56. The van der Waals surface area contributed by atoms with Crippen molar-refractivity contribution >= 4 is 22.6 Å². The molecule has 1 saturated heterocycles. The first-order chi connectivity index (χ1) is 13.1. The standard InChI is InChI=1S/C19H24N6OS/c1-14-17(12-20)18(27-23-14)22-19(26)25-10-5-7-16(8-11-25)24(2)13-15-6-3-4-9-21-15/h3-4,6,9,16H,5,7-8,10-11,13H2,1-2H3,(H,22,26). The summed E-state index contributed by atoms with van der Waals surface area (Å²) in [7, 11) is 2.12. The number of carbonyl (C=O) groups is 1. The molecule has 0 aliphatic carbocycles. The molecule has 2 aromatic rings. The van der Waals surface area contributed by atoms with E-state index < -0.39 is 0 Å². The molecule has 0 spiro atoms. The Hall–Kier alpha value is -2.50. The fourth-order valence-corrected chi connectivity index (χ4v) is 4.10. The van der Waals surface area contributed by atoms with Gasteiger partial charge in [-0.2, -0.15) is 9.64 Å². The lowest BCUT2D eigenvalue weighted by Gasteiger charge is -2.27. The van der Waals surface area contributed by atoms with Crippen molar-refractivity contribution in [2.75, 3.05) is 25.5 Å². The molecule has 1 atom stereocenters. The van der Waals surface area contributed by atoms with Crippen LogP contribution < -0.4 is 5.32 Å². The summed E-state index contributed by atoms with van der Waals surface area (Å²) in [5, 5.41) is 12.6. The molecule has 3 heterocycles. The second-order valence-corrected chi connectivity index (χ2v) is 7.60. The normalized spacial score (nSPS) is 17.4. The number of nitrogens with one attached hydrogen (secondary N) is 1. The minimum atomic E-state index is -0.150. The number of nitriles is 1. The van der Waals surface area contributed by atoms with Crippen molar-refractivity contribution in [1.82, 2.24) is 19.2 Å². The van der Waals surface area contributed by atoms with Gasteiger partial charge in [-0.1, -0.05) is 6.07 Å². The van der Waals surface area contributed by atoms with E-state index in [4.69, 9.17) is 0 Å². The van der Waals surface area contributed by atoms with Crippen LogP contribution >= 0.6 is 11.5 Å². The molecule has 1 aliphatic rings. The van der Waals surface area contributed by atoms with E-state index in [1.165, 1.54) is 0 Å². The molecule has 0 radical (unpaired) electrons. The number of anilines is 1. The van der Waals surface area contributed by atoms with Gasteiger partial charge in [0, 0.05) is 31.9 Å². The summed E-state index contributed by atoms with van der Waals surface area (Å²) >= 11 is 1.16.